The number of hydrogen-bond acceptors (Lipinski definition) is 1. The minimum atomic E-state index is -1.31. The molecule has 0 aliphatic carbocycles. The van der Waals surface area contributed by atoms with Crippen molar-refractivity contribution in [2.45, 2.75) is 58.5 Å². The lowest BCUT2D eigenvalue weighted by molar-refractivity contribution is -0.104. The molecule has 0 atom stereocenters. The SMILES string of the molecule is CC[Si](CC)(CC)C(=CC=O)[Si](C)(C)C. The summed E-state index contributed by atoms with van der Waals surface area (Å²) in [6.45, 7) is 14.0. The summed E-state index contributed by atoms with van der Waals surface area (Å²) in [6, 6.07) is 3.85. The molecule has 0 unspecified atom stereocenters. The molecule has 88 valence electrons. The van der Waals surface area contributed by atoms with Gasteiger partial charge in [0.05, 0.1) is 16.1 Å². The molecule has 0 aromatic carbocycles. The number of carbonyl (C=O) groups excluding carboxylic acids is 1. The van der Waals surface area contributed by atoms with E-state index in [0.29, 0.717) is 0 Å². The van der Waals surface area contributed by atoms with Gasteiger partial charge in [0.2, 0.25) is 0 Å². The van der Waals surface area contributed by atoms with E-state index >= 15 is 0 Å². The molecule has 0 amide bonds. The smallest absolute Gasteiger partial charge is 0.142 e. The van der Waals surface area contributed by atoms with E-state index in [-0.39, 0.29) is 0 Å². The van der Waals surface area contributed by atoms with Gasteiger partial charge in [-0.1, -0.05) is 63.4 Å². The highest BCUT2D eigenvalue weighted by atomic mass is 28.4. The van der Waals surface area contributed by atoms with E-state index in [4.69, 9.17) is 0 Å². The molecule has 0 aliphatic heterocycles. The highest BCUT2D eigenvalue weighted by molar-refractivity contribution is 7.06. The number of carbonyl (C=O) groups is 1. The normalized spacial score (nSPS) is 14.1. The zero-order valence-electron chi connectivity index (χ0n) is 11.2. The third-order valence-corrected chi connectivity index (χ3v) is 14.6. The Morgan fingerprint density at radius 2 is 1.40 bits per heavy atom. The van der Waals surface area contributed by atoms with Crippen LogP contribution in [-0.4, -0.2) is 22.4 Å². The van der Waals surface area contributed by atoms with Crippen LogP contribution < -0.4 is 0 Å². The fourth-order valence-corrected chi connectivity index (χ4v) is 14.2. The highest BCUT2D eigenvalue weighted by Crippen LogP contribution is 2.34. The first-order valence-corrected chi connectivity index (χ1v) is 12.2. The topological polar surface area (TPSA) is 17.1 Å². The van der Waals surface area contributed by atoms with Crippen molar-refractivity contribution >= 4 is 22.4 Å². The Hall–Kier alpha value is -0.156. The summed E-state index contributed by atoms with van der Waals surface area (Å²) in [5.74, 6) is 0. The van der Waals surface area contributed by atoms with Crippen LogP contribution in [0, 0.1) is 0 Å². The fourth-order valence-electron chi connectivity index (χ4n) is 2.61. The summed E-state index contributed by atoms with van der Waals surface area (Å²) in [5, 5.41) is 0. The maximum Gasteiger partial charge on any atom is 0.142 e. The van der Waals surface area contributed by atoms with Gasteiger partial charge in [0, 0.05) is 0 Å². The molecular weight excluding hydrogens is 216 g/mol. The largest absolute Gasteiger partial charge is 0.299 e. The Morgan fingerprint density at radius 3 is 1.60 bits per heavy atom. The van der Waals surface area contributed by atoms with E-state index in [0.717, 1.165) is 6.29 Å². The standard InChI is InChI=1S/C12H26OSi2/c1-7-15(8-2,9-3)12(10-11-13)14(4,5)6/h10-11H,7-9H2,1-6H3. The van der Waals surface area contributed by atoms with E-state index in [2.05, 4.69) is 40.4 Å². The molecule has 1 nitrogen and oxygen atoms in total. The average molecular weight is 243 g/mol. The van der Waals surface area contributed by atoms with Crippen LogP contribution in [0.1, 0.15) is 20.8 Å². The highest BCUT2D eigenvalue weighted by Gasteiger charge is 2.37. The Labute approximate surface area is 97.0 Å². The van der Waals surface area contributed by atoms with Gasteiger partial charge < -0.3 is 0 Å². The van der Waals surface area contributed by atoms with Gasteiger partial charge >= 0.3 is 0 Å². The van der Waals surface area contributed by atoms with Gasteiger partial charge in [-0.2, -0.15) is 0 Å². The summed E-state index contributed by atoms with van der Waals surface area (Å²) < 4.78 is 0. The predicted molar refractivity (Wildman–Crippen MR) is 74.7 cm³/mol. The Kier molecular flexibility index (Phi) is 5.74. The van der Waals surface area contributed by atoms with Crippen molar-refractivity contribution in [3.8, 4) is 0 Å². The van der Waals surface area contributed by atoms with Crippen molar-refractivity contribution in [1.82, 2.24) is 0 Å². The van der Waals surface area contributed by atoms with Crippen molar-refractivity contribution in [2.75, 3.05) is 0 Å². The molecular formula is C12H26OSi2. The minimum absolute atomic E-state index is 1.01. The summed E-state index contributed by atoms with van der Waals surface area (Å²) in [5.41, 5.74) is 0. The molecule has 0 rings (SSSR count). The first kappa shape index (κ1) is 14.8. The molecule has 15 heavy (non-hydrogen) atoms. The van der Waals surface area contributed by atoms with Gasteiger partial charge in [-0.25, -0.2) is 0 Å². The van der Waals surface area contributed by atoms with Crippen molar-refractivity contribution in [3.05, 3.63) is 10.9 Å². The second-order valence-corrected chi connectivity index (χ2v) is 16.1. The number of allylic oxidation sites excluding steroid dienone is 1. The van der Waals surface area contributed by atoms with Gasteiger partial charge in [-0.3, -0.25) is 4.79 Å². The lowest BCUT2D eigenvalue weighted by Crippen LogP contribution is -2.45. The fraction of sp³-hybridized carbons (Fsp3) is 0.750. The second-order valence-electron chi connectivity index (χ2n) is 5.31. The summed E-state index contributed by atoms with van der Waals surface area (Å²) in [4.78, 5) is 12.4. The number of rotatable bonds is 6. The first-order chi connectivity index (χ1) is 6.87. The van der Waals surface area contributed by atoms with Gasteiger partial charge in [-0.05, 0) is 6.08 Å². The zero-order valence-corrected chi connectivity index (χ0v) is 13.2. The maximum atomic E-state index is 10.8. The van der Waals surface area contributed by atoms with E-state index in [1.807, 2.05) is 6.08 Å². The average Bonchev–Trinajstić information content (AvgIpc) is 2.18. The molecule has 0 aliphatic rings. The lowest BCUT2D eigenvalue weighted by Gasteiger charge is -2.38. The number of aldehydes is 1. The molecule has 0 saturated heterocycles. The van der Waals surface area contributed by atoms with Crippen LogP contribution in [0.25, 0.3) is 0 Å². The van der Waals surface area contributed by atoms with Crippen LogP contribution >= 0.6 is 0 Å². The Morgan fingerprint density at radius 1 is 1.00 bits per heavy atom. The van der Waals surface area contributed by atoms with Gasteiger partial charge in [0.25, 0.3) is 0 Å². The molecule has 0 radical (unpaired) electrons. The molecule has 0 spiro atoms. The molecule has 0 aromatic rings. The minimum Gasteiger partial charge on any atom is -0.299 e. The third kappa shape index (κ3) is 3.42. The molecule has 3 heteroatoms. The summed E-state index contributed by atoms with van der Waals surface area (Å²) in [6.07, 6.45) is 2.92. The third-order valence-electron chi connectivity index (χ3n) is 3.64. The van der Waals surface area contributed by atoms with E-state index < -0.39 is 16.1 Å². The second kappa shape index (κ2) is 5.80. The van der Waals surface area contributed by atoms with Crippen LogP contribution in [0.2, 0.25) is 37.8 Å². The predicted octanol–water partition coefficient (Wildman–Crippen LogP) is 4.04. The first-order valence-electron chi connectivity index (χ1n) is 6.04. The molecule has 0 bridgehead atoms. The van der Waals surface area contributed by atoms with E-state index in [9.17, 15) is 4.79 Å². The lowest BCUT2D eigenvalue weighted by atomic mass is 10.7. The van der Waals surface area contributed by atoms with Crippen LogP contribution in [0.15, 0.2) is 10.9 Å². The zero-order chi connectivity index (χ0) is 12.1. The number of hydrogen-bond donors (Lipinski definition) is 0. The van der Waals surface area contributed by atoms with Crippen LogP contribution in [0.5, 0.6) is 0 Å². The molecule has 0 fully saturated rings. The molecule has 0 heterocycles. The van der Waals surface area contributed by atoms with Crippen molar-refractivity contribution in [2.24, 2.45) is 0 Å². The molecule has 0 N–H and O–H groups in total. The van der Waals surface area contributed by atoms with Crippen LogP contribution in [0.4, 0.5) is 0 Å². The molecule has 0 aromatic heterocycles. The van der Waals surface area contributed by atoms with E-state index in [1.54, 1.807) is 4.82 Å². The van der Waals surface area contributed by atoms with Gasteiger partial charge in [0.15, 0.2) is 0 Å². The summed E-state index contributed by atoms with van der Waals surface area (Å²) >= 11 is 0. The van der Waals surface area contributed by atoms with Gasteiger partial charge in [-0.15, -0.1) is 0 Å². The Bertz CT molecular complexity index is 226. The molecule has 0 saturated carbocycles. The summed E-state index contributed by atoms with van der Waals surface area (Å²) in [7, 11) is -2.63. The quantitative estimate of drug-likeness (QED) is 0.390. The van der Waals surface area contributed by atoms with Gasteiger partial charge in [0.1, 0.15) is 6.29 Å². The Balaban J connectivity index is 5.39. The van der Waals surface area contributed by atoms with Crippen LogP contribution in [0.3, 0.4) is 0 Å². The van der Waals surface area contributed by atoms with Crippen molar-refractivity contribution < 1.29 is 4.79 Å². The van der Waals surface area contributed by atoms with Crippen LogP contribution in [-0.2, 0) is 4.79 Å². The maximum absolute atomic E-state index is 10.8. The van der Waals surface area contributed by atoms with Crippen molar-refractivity contribution in [1.29, 1.82) is 0 Å². The van der Waals surface area contributed by atoms with E-state index in [1.165, 1.54) is 18.1 Å². The monoisotopic (exact) mass is 242 g/mol. The van der Waals surface area contributed by atoms with Crippen molar-refractivity contribution in [3.63, 3.8) is 0 Å².